The summed E-state index contributed by atoms with van der Waals surface area (Å²) in [6, 6.07) is 8.46. The van der Waals surface area contributed by atoms with Gasteiger partial charge in [-0.2, -0.15) is 0 Å². The van der Waals surface area contributed by atoms with Gasteiger partial charge in [-0.15, -0.1) is 22.9 Å². The van der Waals surface area contributed by atoms with Crippen molar-refractivity contribution in [3.05, 3.63) is 35.2 Å². The summed E-state index contributed by atoms with van der Waals surface area (Å²) in [4.78, 5) is 0. The fourth-order valence-electron chi connectivity index (χ4n) is 1.10. The average molecular weight is 183 g/mol. The maximum absolute atomic E-state index is 5.70. The van der Waals surface area contributed by atoms with E-state index < -0.39 is 0 Å². The topological polar surface area (TPSA) is 0 Å². The normalized spacial score (nSPS) is 10.6. The molecule has 0 aliphatic heterocycles. The van der Waals surface area contributed by atoms with Gasteiger partial charge >= 0.3 is 0 Å². The summed E-state index contributed by atoms with van der Waals surface area (Å²) in [6.45, 7) is 0. The predicted octanol–water partition coefficient (Wildman–Crippen LogP) is 3.64. The van der Waals surface area contributed by atoms with E-state index in [1.807, 2.05) is 0 Å². The van der Waals surface area contributed by atoms with Crippen LogP contribution < -0.4 is 0 Å². The molecule has 0 N–H and O–H groups in total. The number of benzene rings is 1. The molecule has 0 saturated heterocycles. The van der Waals surface area contributed by atoms with Gasteiger partial charge in [0.15, 0.2) is 0 Å². The standard InChI is InChI=1S/C9H7ClS/c10-6-7-1-2-9-8(5-7)3-4-11-9/h1-5H,6H2. The summed E-state index contributed by atoms with van der Waals surface area (Å²) in [5, 5.41) is 3.40. The number of alkyl halides is 1. The second-order valence-corrected chi connectivity index (χ2v) is 3.64. The molecular formula is C9H7ClS. The molecule has 11 heavy (non-hydrogen) atoms. The van der Waals surface area contributed by atoms with Crippen LogP contribution in [-0.4, -0.2) is 0 Å². The summed E-state index contributed by atoms with van der Waals surface area (Å²) < 4.78 is 1.33. The van der Waals surface area contributed by atoms with Gasteiger partial charge in [0.2, 0.25) is 0 Å². The van der Waals surface area contributed by atoms with Gasteiger partial charge in [-0.05, 0) is 34.5 Å². The molecule has 0 amide bonds. The molecule has 56 valence electrons. The third-order valence-corrected chi connectivity index (χ3v) is 2.88. The third-order valence-electron chi connectivity index (χ3n) is 1.67. The molecule has 1 aromatic carbocycles. The fourth-order valence-corrected chi connectivity index (χ4v) is 2.04. The third kappa shape index (κ3) is 1.26. The molecule has 2 heteroatoms. The molecule has 0 saturated carbocycles. The molecule has 0 unspecified atom stereocenters. The van der Waals surface area contributed by atoms with Gasteiger partial charge in [0, 0.05) is 10.6 Å². The number of rotatable bonds is 1. The van der Waals surface area contributed by atoms with Crippen molar-refractivity contribution in [2.45, 2.75) is 5.88 Å². The first-order valence-electron chi connectivity index (χ1n) is 3.42. The highest BCUT2D eigenvalue weighted by Crippen LogP contribution is 2.22. The van der Waals surface area contributed by atoms with E-state index in [4.69, 9.17) is 11.6 Å². The van der Waals surface area contributed by atoms with Crippen LogP contribution in [0.2, 0.25) is 0 Å². The van der Waals surface area contributed by atoms with Crippen molar-refractivity contribution < 1.29 is 0 Å². The second-order valence-electron chi connectivity index (χ2n) is 2.43. The lowest BCUT2D eigenvalue weighted by atomic mass is 10.2. The Kier molecular flexibility index (Phi) is 1.84. The molecular weight excluding hydrogens is 176 g/mol. The van der Waals surface area contributed by atoms with E-state index in [2.05, 4.69) is 29.6 Å². The molecule has 0 aliphatic rings. The molecule has 0 atom stereocenters. The summed E-state index contributed by atoms with van der Waals surface area (Å²) in [5.74, 6) is 0.603. The van der Waals surface area contributed by atoms with E-state index in [1.54, 1.807) is 11.3 Å². The Labute approximate surface area is 74.4 Å². The van der Waals surface area contributed by atoms with Crippen LogP contribution in [0.15, 0.2) is 29.6 Å². The number of hydrogen-bond donors (Lipinski definition) is 0. The molecule has 0 nitrogen and oxygen atoms in total. The Hall–Kier alpha value is -0.530. The Morgan fingerprint density at radius 1 is 1.27 bits per heavy atom. The minimum atomic E-state index is 0.603. The van der Waals surface area contributed by atoms with Crippen molar-refractivity contribution in [3.8, 4) is 0 Å². The fraction of sp³-hybridized carbons (Fsp3) is 0.111. The zero-order chi connectivity index (χ0) is 7.68. The van der Waals surface area contributed by atoms with Crippen LogP contribution in [-0.2, 0) is 5.88 Å². The van der Waals surface area contributed by atoms with Crippen LogP contribution in [0.5, 0.6) is 0 Å². The molecule has 2 rings (SSSR count). The van der Waals surface area contributed by atoms with Gasteiger partial charge in [0.1, 0.15) is 0 Å². The quantitative estimate of drug-likeness (QED) is 0.591. The van der Waals surface area contributed by atoms with Crippen LogP contribution in [0.1, 0.15) is 5.56 Å². The maximum atomic E-state index is 5.70. The van der Waals surface area contributed by atoms with Crippen LogP contribution in [0.4, 0.5) is 0 Å². The first-order valence-corrected chi connectivity index (χ1v) is 4.83. The molecule has 0 bridgehead atoms. The number of thiophene rings is 1. The minimum absolute atomic E-state index is 0.603. The van der Waals surface area contributed by atoms with Crippen molar-refractivity contribution in [3.63, 3.8) is 0 Å². The Morgan fingerprint density at radius 2 is 2.18 bits per heavy atom. The van der Waals surface area contributed by atoms with Crippen LogP contribution >= 0.6 is 22.9 Å². The van der Waals surface area contributed by atoms with Gasteiger partial charge in [0.05, 0.1) is 0 Å². The molecule has 0 radical (unpaired) electrons. The summed E-state index contributed by atoms with van der Waals surface area (Å²) in [5.41, 5.74) is 1.19. The Bertz CT molecular complexity index is 364. The first-order chi connectivity index (χ1) is 5.40. The number of hydrogen-bond acceptors (Lipinski definition) is 1. The molecule has 1 heterocycles. The number of fused-ring (bicyclic) bond motifs is 1. The summed E-state index contributed by atoms with van der Waals surface area (Å²) >= 11 is 7.46. The summed E-state index contributed by atoms with van der Waals surface area (Å²) in [7, 11) is 0. The monoisotopic (exact) mass is 182 g/mol. The second kappa shape index (κ2) is 2.84. The lowest BCUT2D eigenvalue weighted by Gasteiger charge is -1.93. The van der Waals surface area contributed by atoms with Gasteiger partial charge < -0.3 is 0 Å². The van der Waals surface area contributed by atoms with Crippen molar-refractivity contribution in [1.82, 2.24) is 0 Å². The van der Waals surface area contributed by atoms with E-state index in [0.29, 0.717) is 5.88 Å². The zero-order valence-corrected chi connectivity index (χ0v) is 7.45. The molecule has 0 aliphatic carbocycles. The van der Waals surface area contributed by atoms with Crippen LogP contribution in [0.3, 0.4) is 0 Å². The van der Waals surface area contributed by atoms with Crippen LogP contribution in [0, 0.1) is 0 Å². The van der Waals surface area contributed by atoms with E-state index in [-0.39, 0.29) is 0 Å². The molecule has 0 fully saturated rings. The largest absolute Gasteiger partial charge is 0.144 e. The van der Waals surface area contributed by atoms with E-state index in [1.165, 1.54) is 15.6 Å². The highest BCUT2D eigenvalue weighted by Gasteiger charge is 1.94. The van der Waals surface area contributed by atoms with Gasteiger partial charge in [0.25, 0.3) is 0 Å². The van der Waals surface area contributed by atoms with Crippen molar-refractivity contribution in [2.75, 3.05) is 0 Å². The van der Waals surface area contributed by atoms with Crippen LogP contribution in [0.25, 0.3) is 10.1 Å². The van der Waals surface area contributed by atoms with E-state index in [0.717, 1.165) is 0 Å². The van der Waals surface area contributed by atoms with Gasteiger partial charge in [-0.3, -0.25) is 0 Å². The maximum Gasteiger partial charge on any atom is 0.0474 e. The number of halogens is 1. The lowest BCUT2D eigenvalue weighted by molar-refractivity contribution is 1.43. The van der Waals surface area contributed by atoms with Crippen molar-refractivity contribution >= 4 is 33.0 Å². The van der Waals surface area contributed by atoms with Crippen molar-refractivity contribution in [1.29, 1.82) is 0 Å². The Morgan fingerprint density at radius 3 is 3.00 bits per heavy atom. The average Bonchev–Trinajstić information content (AvgIpc) is 2.50. The van der Waals surface area contributed by atoms with Crippen molar-refractivity contribution in [2.24, 2.45) is 0 Å². The first kappa shape index (κ1) is 7.14. The smallest absolute Gasteiger partial charge is 0.0474 e. The molecule has 2 aromatic rings. The molecule has 0 spiro atoms. The highest BCUT2D eigenvalue weighted by molar-refractivity contribution is 7.17. The molecule has 1 aromatic heterocycles. The zero-order valence-electron chi connectivity index (χ0n) is 5.88. The SMILES string of the molecule is ClCc1ccc2sccc2c1. The van der Waals surface area contributed by atoms with Gasteiger partial charge in [-0.25, -0.2) is 0 Å². The summed E-state index contributed by atoms with van der Waals surface area (Å²) in [6.07, 6.45) is 0. The van der Waals surface area contributed by atoms with Gasteiger partial charge in [-0.1, -0.05) is 6.07 Å². The van der Waals surface area contributed by atoms with E-state index >= 15 is 0 Å². The predicted molar refractivity (Wildman–Crippen MR) is 51.4 cm³/mol. The highest BCUT2D eigenvalue weighted by atomic mass is 35.5. The van der Waals surface area contributed by atoms with E-state index in [9.17, 15) is 0 Å². The lowest BCUT2D eigenvalue weighted by Crippen LogP contribution is -1.73. The Balaban J connectivity index is 2.67. The minimum Gasteiger partial charge on any atom is -0.144 e.